The number of hydrogen-bond acceptors (Lipinski definition) is 5. The number of halogens is 1. The number of carbonyl (C=O) groups excluding carboxylic acids is 1. The standard InChI is InChI=1S/C20H20ClN5O2/c1-4-28-17-6-5-16(21)19(24-17)25-11-13(3)26-18(20(25)27)15(10-23-26)14-7-8-22-12(2)9-14/h5-10,13H,4,11H2,1-3H3/t13-/m0/s1. The van der Waals surface area contributed by atoms with Gasteiger partial charge in [0.1, 0.15) is 5.69 Å². The minimum atomic E-state index is -0.192. The average molecular weight is 398 g/mol. The molecule has 4 heterocycles. The fourth-order valence-corrected chi connectivity index (χ4v) is 3.61. The summed E-state index contributed by atoms with van der Waals surface area (Å²) < 4.78 is 7.25. The van der Waals surface area contributed by atoms with Crippen molar-refractivity contribution in [2.45, 2.75) is 26.8 Å². The van der Waals surface area contributed by atoms with Gasteiger partial charge in [0.05, 0.1) is 30.4 Å². The zero-order valence-electron chi connectivity index (χ0n) is 15.9. The molecule has 4 rings (SSSR count). The van der Waals surface area contributed by atoms with E-state index >= 15 is 0 Å². The number of aryl methyl sites for hydroxylation is 1. The van der Waals surface area contributed by atoms with Crippen molar-refractivity contribution >= 4 is 23.3 Å². The van der Waals surface area contributed by atoms with Crippen LogP contribution in [-0.4, -0.2) is 38.8 Å². The van der Waals surface area contributed by atoms with Gasteiger partial charge in [0.25, 0.3) is 5.91 Å². The number of fused-ring (bicyclic) bond motifs is 1. The zero-order chi connectivity index (χ0) is 19.8. The minimum Gasteiger partial charge on any atom is -0.478 e. The van der Waals surface area contributed by atoms with Crippen LogP contribution in [0.25, 0.3) is 11.1 Å². The molecule has 7 nitrogen and oxygen atoms in total. The third kappa shape index (κ3) is 3.11. The lowest BCUT2D eigenvalue weighted by Gasteiger charge is -2.32. The normalized spacial score (nSPS) is 16.2. The van der Waals surface area contributed by atoms with Crippen LogP contribution in [0.15, 0.2) is 36.7 Å². The van der Waals surface area contributed by atoms with Crippen molar-refractivity contribution in [3.05, 3.63) is 53.1 Å². The minimum absolute atomic E-state index is 0.0296. The molecule has 0 N–H and O–H groups in total. The van der Waals surface area contributed by atoms with Gasteiger partial charge < -0.3 is 4.74 Å². The second kappa shape index (κ2) is 7.24. The number of carbonyl (C=O) groups is 1. The van der Waals surface area contributed by atoms with Crippen molar-refractivity contribution in [1.29, 1.82) is 0 Å². The maximum absolute atomic E-state index is 13.4. The van der Waals surface area contributed by atoms with Gasteiger partial charge in [-0.2, -0.15) is 10.1 Å². The van der Waals surface area contributed by atoms with Gasteiger partial charge in [-0.3, -0.25) is 19.4 Å². The summed E-state index contributed by atoms with van der Waals surface area (Å²) in [6.45, 7) is 6.71. The Balaban J connectivity index is 1.80. The Hall–Kier alpha value is -2.93. The lowest BCUT2D eigenvalue weighted by molar-refractivity contribution is 0.0953. The van der Waals surface area contributed by atoms with Crippen molar-refractivity contribution in [2.75, 3.05) is 18.1 Å². The van der Waals surface area contributed by atoms with Crippen molar-refractivity contribution in [1.82, 2.24) is 19.7 Å². The van der Waals surface area contributed by atoms with Crippen LogP contribution < -0.4 is 9.64 Å². The van der Waals surface area contributed by atoms with E-state index in [2.05, 4.69) is 15.1 Å². The van der Waals surface area contributed by atoms with E-state index in [9.17, 15) is 4.79 Å². The van der Waals surface area contributed by atoms with Crippen LogP contribution in [0.1, 0.15) is 36.1 Å². The van der Waals surface area contributed by atoms with Crippen molar-refractivity contribution in [3.8, 4) is 17.0 Å². The molecule has 0 fully saturated rings. The van der Waals surface area contributed by atoms with Gasteiger partial charge >= 0.3 is 0 Å². The Morgan fingerprint density at radius 1 is 1.32 bits per heavy atom. The number of ether oxygens (including phenoxy) is 1. The first kappa shape index (κ1) is 18.4. The molecule has 0 radical (unpaired) electrons. The summed E-state index contributed by atoms with van der Waals surface area (Å²) in [4.78, 5) is 23.7. The summed E-state index contributed by atoms with van der Waals surface area (Å²) in [6.07, 6.45) is 3.46. The molecular formula is C20H20ClN5O2. The van der Waals surface area contributed by atoms with Gasteiger partial charge in [-0.25, -0.2) is 0 Å². The van der Waals surface area contributed by atoms with Crippen LogP contribution in [0.5, 0.6) is 5.88 Å². The predicted octanol–water partition coefficient (Wildman–Crippen LogP) is 3.92. The maximum Gasteiger partial charge on any atom is 0.278 e. The molecule has 1 amide bonds. The van der Waals surface area contributed by atoms with E-state index in [-0.39, 0.29) is 11.9 Å². The van der Waals surface area contributed by atoms with Gasteiger partial charge in [0.15, 0.2) is 5.82 Å². The number of hydrogen-bond donors (Lipinski definition) is 0. The largest absolute Gasteiger partial charge is 0.478 e. The highest BCUT2D eigenvalue weighted by Crippen LogP contribution is 2.35. The van der Waals surface area contributed by atoms with Gasteiger partial charge in [0, 0.05) is 23.5 Å². The quantitative estimate of drug-likeness (QED) is 0.667. The van der Waals surface area contributed by atoms with E-state index in [4.69, 9.17) is 16.3 Å². The molecule has 0 bridgehead atoms. The first-order valence-corrected chi connectivity index (χ1v) is 9.49. The molecule has 0 unspecified atom stereocenters. The molecule has 1 atom stereocenters. The third-order valence-electron chi connectivity index (χ3n) is 4.66. The van der Waals surface area contributed by atoms with E-state index in [0.29, 0.717) is 35.6 Å². The monoisotopic (exact) mass is 397 g/mol. The van der Waals surface area contributed by atoms with Crippen LogP contribution in [0, 0.1) is 6.92 Å². The molecule has 3 aromatic heterocycles. The van der Waals surface area contributed by atoms with Crippen molar-refractivity contribution < 1.29 is 9.53 Å². The molecule has 8 heteroatoms. The molecule has 0 saturated carbocycles. The summed E-state index contributed by atoms with van der Waals surface area (Å²) in [5.41, 5.74) is 3.06. The van der Waals surface area contributed by atoms with Gasteiger partial charge in [-0.05, 0) is 44.5 Å². The lowest BCUT2D eigenvalue weighted by atomic mass is 10.0. The predicted molar refractivity (Wildman–Crippen MR) is 107 cm³/mol. The highest BCUT2D eigenvalue weighted by Gasteiger charge is 2.35. The Morgan fingerprint density at radius 2 is 2.14 bits per heavy atom. The van der Waals surface area contributed by atoms with Gasteiger partial charge in [-0.15, -0.1) is 0 Å². The maximum atomic E-state index is 13.4. The highest BCUT2D eigenvalue weighted by molar-refractivity contribution is 6.33. The number of pyridine rings is 2. The number of nitrogens with zero attached hydrogens (tertiary/aromatic N) is 5. The molecule has 0 aliphatic carbocycles. The Kier molecular flexibility index (Phi) is 4.77. The first-order chi connectivity index (χ1) is 13.5. The van der Waals surface area contributed by atoms with Crippen LogP contribution in [0.2, 0.25) is 5.02 Å². The molecule has 1 aliphatic rings. The van der Waals surface area contributed by atoms with Gasteiger partial charge in [-0.1, -0.05) is 11.6 Å². The Labute approximate surface area is 167 Å². The molecule has 144 valence electrons. The summed E-state index contributed by atoms with van der Waals surface area (Å²) >= 11 is 6.38. The fourth-order valence-electron chi connectivity index (χ4n) is 3.40. The number of amides is 1. The third-order valence-corrected chi connectivity index (χ3v) is 4.96. The molecule has 1 aliphatic heterocycles. The zero-order valence-corrected chi connectivity index (χ0v) is 16.6. The number of aromatic nitrogens is 4. The second-order valence-corrected chi connectivity index (χ2v) is 7.10. The summed E-state index contributed by atoms with van der Waals surface area (Å²) in [5.74, 6) is 0.642. The summed E-state index contributed by atoms with van der Waals surface area (Å²) in [5, 5.41) is 4.86. The molecule has 0 saturated heterocycles. The highest BCUT2D eigenvalue weighted by atomic mass is 35.5. The van der Waals surface area contributed by atoms with E-state index < -0.39 is 0 Å². The van der Waals surface area contributed by atoms with E-state index in [1.165, 1.54) is 0 Å². The molecule has 28 heavy (non-hydrogen) atoms. The number of rotatable bonds is 4. The Morgan fingerprint density at radius 3 is 2.89 bits per heavy atom. The van der Waals surface area contributed by atoms with Crippen LogP contribution >= 0.6 is 11.6 Å². The lowest BCUT2D eigenvalue weighted by Crippen LogP contribution is -2.43. The Bertz CT molecular complexity index is 1050. The van der Waals surface area contributed by atoms with Crippen LogP contribution in [0.4, 0.5) is 5.82 Å². The molecule has 0 spiro atoms. The molecule has 3 aromatic rings. The topological polar surface area (TPSA) is 73.1 Å². The van der Waals surface area contributed by atoms with Crippen molar-refractivity contribution in [3.63, 3.8) is 0 Å². The summed E-state index contributed by atoms with van der Waals surface area (Å²) in [7, 11) is 0. The molecule has 0 aromatic carbocycles. The van der Waals surface area contributed by atoms with Gasteiger partial charge in [0.2, 0.25) is 5.88 Å². The summed E-state index contributed by atoms with van der Waals surface area (Å²) in [6, 6.07) is 7.19. The van der Waals surface area contributed by atoms with E-state index in [1.54, 1.807) is 34.1 Å². The average Bonchev–Trinajstić information content (AvgIpc) is 3.13. The SMILES string of the molecule is CCOc1ccc(Cl)c(N2C[C@H](C)n3ncc(-c4ccnc(C)c4)c3C2=O)n1. The molecular weight excluding hydrogens is 378 g/mol. The van der Waals surface area contributed by atoms with Crippen LogP contribution in [-0.2, 0) is 0 Å². The fraction of sp³-hybridized carbons (Fsp3) is 0.300. The second-order valence-electron chi connectivity index (χ2n) is 6.69. The van der Waals surface area contributed by atoms with E-state index in [1.807, 2.05) is 32.9 Å². The van der Waals surface area contributed by atoms with E-state index in [0.717, 1.165) is 16.8 Å². The first-order valence-electron chi connectivity index (χ1n) is 9.11. The number of anilines is 1. The smallest absolute Gasteiger partial charge is 0.278 e. The van der Waals surface area contributed by atoms with Crippen LogP contribution in [0.3, 0.4) is 0 Å². The van der Waals surface area contributed by atoms with Crippen molar-refractivity contribution in [2.24, 2.45) is 0 Å².